The van der Waals surface area contributed by atoms with Crippen LogP contribution in [0.15, 0.2) is 17.6 Å². The second kappa shape index (κ2) is 6.12. The Balaban J connectivity index is 4.25. The van der Waals surface area contributed by atoms with E-state index < -0.39 is 5.97 Å². The van der Waals surface area contributed by atoms with Gasteiger partial charge in [-0.15, -0.1) is 0 Å². The van der Waals surface area contributed by atoms with Crippen LogP contribution in [0, 0.1) is 0 Å². The quantitative estimate of drug-likeness (QED) is 0.248. The summed E-state index contributed by atoms with van der Waals surface area (Å²) in [5.41, 5.74) is 5.25. The van der Waals surface area contributed by atoms with Gasteiger partial charge < -0.3 is 20.6 Å². The van der Waals surface area contributed by atoms with Crippen molar-refractivity contribution in [2.45, 2.75) is 46.3 Å². The smallest absolute Gasteiger partial charge is 0.332 e. The molecule has 0 aromatic rings. The molecular weight excluding hydrogens is 222 g/mol. The second-order valence-corrected chi connectivity index (χ2v) is 4.60. The monoisotopic (exact) mass is 243 g/mol. The van der Waals surface area contributed by atoms with Gasteiger partial charge in [0.1, 0.15) is 5.60 Å². The minimum absolute atomic E-state index is 0.138. The van der Waals surface area contributed by atoms with E-state index in [0.717, 1.165) is 0 Å². The van der Waals surface area contributed by atoms with Crippen molar-refractivity contribution in [1.29, 1.82) is 0 Å². The van der Waals surface area contributed by atoms with E-state index in [2.05, 4.69) is 21.9 Å². The summed E-state index contributed by atoms with van der Waals surface area (Å²) in [6.45, 7) is 12.4. The number of ether oxygens (including phenoxy) is 1. The zero-order valence-corrected chi connectivity index (χ0v) is 11.0. The summed E-state index contributed by atoms with van der Waals surface area (Å²) in [5, 5.41) is 6.35. The molecule has 6 nitrogen and oxygen atoms in total. The fraction of sp³-hybridized carbons (Fsp3) is 0.636. The highest BCUT2D eigenvalue weighted by molar-refractivity contribution is 5.85. The van der Waals surface area contributed by atoms with Crippen molar-refractivity contribution in [3.63, 3.8) is 0 Å². The van der Waals surface area contributed by atoms with Crippen molar-refractivity contribution < 1.29 is 14.4 Å². The Hall–Kier alpha value is -1.72. The van der Waals surface area contributed by atoms with Crippen LogP contribution in [0.1, 0.15) is 34.6 Å². The summed E-state index contributed by atoms with van der Waals surface area (Å²) in [7, 11) is 0. The number of hydrogen-bond donors (Lipinski definition) is 2. The molecule has 0 aromatic carbocycles. The van der Waals surface area contributed by atoms with Gasteiger partial charge in [-0.1, -0.05) is 5.16 Å². The standard InChI is InChI=1S/C11H21N3O3/c1-7(10(12)14-17-9(3)15)13-8(2)16-11(4,5)6/h7,13H,2H2,1,3-6H3,(H2,12,14)/t7-/m0/s1. The Morgan fingerprint density at radius 3 is 2.41 bits per heavy atom. The molecule has 17 heavy (non-hydrogen) atoms. The molecule has 0 unspecified atom stereocenters. The lowest BCUT2D eigenvalue weighted by molar-refractivity contribution is -0.140. The highest BCUT2D eigenvalue weighted by Gasteiger charge is 2.15. The van der Waals surface area contributed by atoms with Gasteiger partial charge in [-0.2, -0.15) is 0 Å². The predicted octanol–water partition coefficient (Wildman–Crippen LogP) is 1.09. The first kappa shape index (κ1) is 15.3. The van der Waals surface area contributed by atoms with E-state index in [9.17, 15) is 4.79 Å². The van der Waals surface area contributed by atoms with Gasteiger partial charge in [-0.3, -0.25) is 0 Å². The molecule has 0 fully saturated rings. The van der Waals surface area contributed by atoms with E-state index in [0.29, 0.717) is 5.88 Å². The first-order valence-corrected chi connectivity index (χ1v) is 5.27. The molecule has 0 aliphatic rings. The van der Waals surface area contributed by atoms with Crippen LogP contribution in [0.2, 0.25) is 0 Å². The predicted molar refractivity (Wildman–Crippen MR) is 66.0 cm³/mol. The topological polar surface area (TPSA) is 85.9 Å². The average Bonchev–Trinajstić information content (AvgIpc) is 2.10. The third-order valence-electron chi connectivity index (χ3n) is 1.53. The molecular formula is C11H21N3O3. The van der Waals surface area contributed by atoms with Crippen molar-refractivity contribution in [1.82, 2.24) is 5.32 Å². The molecule has 3 N–H and O–H groups in total. The van der Waals surface area contributed by atoms with Crippen LogP contribution in [0.3, 0.4) is 0 Å². The molecule has 0 radical (unpaired) electrons. The van der Waals surface area contributed by atoms with E-state index in [1.165, 1.54) is 6.92 Å². The van der Waals surface area contributed by atoms with Crippen LogP contribution in [0.25, 0.3) is 0 Å². The van der Waals surface area contributed by atoms with Gasteiger partial charge in [0, 0.05) is 6.92 Å². The summed E-state index contributed by atoms with van der Waals surface area (Å²) < 4.78 is 5.46. The Morgan fingerprint density at radius 1 is 1.47 bits per heavy atom. The number of amidine groups is 1. The molecule has 0 heterocycles. The third-order valence-corrected chi connectivity index (χ3v) is 1.53. The van der Waals surface area contributed by atoms with Gasteiger partial charge in [0.25, 0.3) is 0 Å². The van der Waals surface area contributed by atoms with Gasteiger partial charge in [0.2, 0.25) is 0 Å². The average molecular weight is 243 g/mol. The summed E-state index contributed by atoms with van der Waals surface area (Å²) in [6.07, 6.45) is 0. The first-order chi connectivity index (χ1) is 7.61. The molecule has 0 rings (SSSR count). The molecule has 6 heteroatoms. The van der Waals surface area contributed by atoms with Gasteiger partial charge in [-0.25, -0.2) is 4.79 Å². The fourth-order valence-electron chi connectivity index (χ4n) is 0.911. The van der Waals surface area contributed by atoms with E-state index >= 15 is 0 Å². The Kier molecular flexibility index (Phi) is 5.50. The van der Waals surface area contributed by atoms with Crippen molar-refractivity contribution >= 4 is 11.8 Å². The van der Waals surface area contributed by atoms with Crippen LogP contribution >= 0.6 is 0 Å². The SMILES string of the molecule is C=C(N[C@@H](C)/C(N)=N/OC(C)=O)OC(C)(C)C. The highest BCUT2D eigenvalue weighted by Crippen LogP contribution is 2.10. The van der Waals surface area contributed by atoms with E-state index in [4.69, 9.17) is 10.5 Å². The lowest BCUT2D eigenvalue weighted by Crippen LogP contribution is -2.40. The van der Waals surface area contributed by atoms with Gasteiger partial charge in [-0.05, 0) is 34.3 Å². The lowest BCUT2D eigenvalue weighted by Gasteiger charge is -2.25. The molecule has 0 amide bonds. The van der Waals surface area contributed by atoms with E-state index in [-0.39, 0.29) is 17.5 Å². The van der Waals surface area contributed by atoms with Crippen LogP contribution < -0.4 is 11.1 Å². The lowest BCUT2D eigenvalue weighted by atomic mass is 10.2. The summed E-state index contributed by atoms with van der Waals surface area (Å²) in [4.78, 5) is 15.0. The zero-order valence-electron chi connectivity index (χ0n) is 11.0. The molecule has 0 saturated heterocycles. The molecule has 0 saturated carbocycles. The second-order valence-electron chi connectivity index (χ2n) is 4.60. The molecule has 98 valence electrons. The minimum Gasteiger partial charge on any atom is -0.474 e. The summed E-state index contributed by atoms with van der Waals surface area (Å²) in [5.74, 6) is -0.00486. The zero-order chi connectivity index (χ0) is 13.6. The molecule has 0 aliphatic carbocycles. The maximum absolute atomic E-state index is 10.5. The number of rotatable bonds is 5. The number of carbonyl (C=O) groups is 1. The van der Waals surface area contributed by atoms with E-state index in [1.54, 1.807) is 6.92 Å². The van der Waals surface area contributed by atoms with Crippen LogP contribution in [0.4, 0.5) is 0 Å². The maximum Gasteiger partial charge on any atom is 0.332 e. The Labute approximate surface area is 102 Å². The fourth-order valence-corrected chi connectivity index (χ4v) is 0.911. The van der Waals surface area contributed by atoms with Crippen molar-refractivity contribution in [2.24, 2.45) is 10.9 Å². The number of carbonyl (C=O) groups excluding carboxylic acids is 1. The molecule has 0 aliphatic heterocycles. The number of oxime groups is 1. The molecule has 0 spiro atoms. The Bertz CT molecular complexity index is 318. The van der Waals surface area contributed by atoms with Crippen molar-refractivity contribution in [2.75, 3.05) is 0 Å². The van der Waals surface area contributed by atoms with Gasteiger partial charge in [0.15, 0.2) is 11.7 Å². The van der Waals surface area contributed by atoms with E-state index in [1.807, 2.05) is 20.8 Å². The molecule has 0 bridgehead atoms. The van der Waals surface area contributed by atoms with Crippen LogP contribution in [0.5, 0.6) is 0 Å². The van der Waals surface area contributed by atoms with Crippen molar-refractivity contribution in [3.05, 3.63) is 12.5 Å². The normalized spacial score (nSPS) is 13.8. The highest BCUT2D eigenvalue weighted by atomic mass is 16.7. The largest absolute Gasteiger partial charge is 0.474 e. The first-order valence-electron chi connectivity index (χ1n) is 5.27. The van der Waals surface area contributed by atoms with Crippen LogP contribution in [-0.4, -0.2) is 23.4 Å². The van der Waals surface area contributed by atoms with Gasteiger partial charge in [0.05, 0.1) is 6.04 Å². The summed E-state index contributed by atoms with van der Waals surface area (Å²) >= 11 is 0. The Morgan fingerprint density at radius 2 is 2.00 bits per heavy atom. The molecule has 0 aromatic heterocycles. The minimum atomic E-state index is -0.523. The van der Waals surface area contributed by atoms with Crippen LogP contribution in [-0.2, 0) is 14.4 Å². The number of nitrogens with two attached hydrogens (primary N) is 1. The third kappa shape index (κ3) is 8.12. The maximum atomic E-state index is 10.5. The summed E-state index contributed by atoms with van der Waals surface area (Å²) in [6, 6.07) is -0.343. The molecule has 1 atom stereocenters. The number of nitrogens with one attached hydrogen (secondary N) is 1. The van der Waals surface area contributed by atoms with Gasteiger partial charge >= 0.3 is 5.97 Å². The number of hydrogen-bond acceptors (Lipinski definition) is 5. The number of nitrogens with zero attached hydrogens (tertiary/aromatic N) is 1. The van der Waals surface area contributed by atoms with Crippen molar-refractivity contribution in [3.8, 4) is 0 Å².